The molecular formula is C13H17ClO2. The van der Waals surface area contributed by atoms with Crippen molar-refractivity contribution < 1.29 is 9.47 Å². The summed E-state index contributed by atoms with van der Waals surface area (Å²) in [6.07, 6.45) is 0.917. The Morgan fingerprint density at radius 1 is 1.19 bits per heavy atom. The zero-order valence-electron chi connectivity index (χ0n) is 10.1. The largest absolute Gasteiger partial charge is 0.496 e. The van der Waals surface area contributed by atoms with Crippen LogP contribution in [-0.4, -0.2) is 14.2 Å². The second-order valence-electron chi connectivity index (χ2n) is 4.81. The maximum Gasteiger partial charge on any atom is 0.124 e. The average molecular weight is 241 g/mol. The van der Waals surface area contributed by atoms with Crippen LogP contribution in [0.2, 0.25) is 0 Å². The summed E-state index contributed by atoms with van der Waals surface area (Å²) in [6, 6.07) is 3.88. The predicted octanol–water partition coefficient (Wildman–Crippen LogP) is 3.67. The molecule has 0 heterocycles. The molecule has 1 unspecified atom stereocenters. The van der Waals surface area contributed by atoms with Crippen LogP contribution in [0.5, 0.6) is 11.5 Å². The zero-order valence-corrected chi connectivity index (χ0v) is 10.9. The van der Waals surface area contributed by atoms with E-state index in [2.05, 4.69) is 13.8 Å². The Kier molecular flexibility index (Phi) is 2.79. The van der Waals surface area contributed by atoms with Gasteiger partial charge in [-0.05, 0) is 24.0 Å². The van der Waals surface area contributed by atoms with Crippen LogP contribution in [0.1, 0.15) is 36.8 Å². The lowest BCUT2D eigenvalue weighted by Gasteiger charge is -2.21. The number of rotatable bonds is 2. The van der Waals surface area contributed by atoms with Crippen molar-refractivity contribution in [3.05, 3.63) is 23.3 Å². The van der Waals surface area contributed by atoms with E-state index in [9.17, 15) is 0 Å². The van der Waals surface area contributed by atoms with Crippen molar-refractivity contribution in [1.29, 1.82) is 0 Å². The van der Waals surface area contributed by atoms with Gasteiger partial charge >= 0.3 is 0 Å². The molecule has 1 atom stereocenters. The lowest BCUT2D eigenvalue weighted by molar-refractivity contribution is 0.389. The van der Waals surface area contributed by atoms with Gasteiger partial charge < -0.3 is 9.47 Å². The van der Waals surface area contributed by atoms with Crippen molar-refractivity contribution in [2.75, 3.05) is 14.2 Å². The Morgan fingerprint density at radius 2 is 1.75 bits per heavy atom. The number of hydrogen-bond donors (Lipinski definition) is 0. The van der Waals surface area contributed by atoms with Crippen molar-refractivity contribution >= 4 is 11.6 Å². The van der Waals surface area contributed by atoms with E-state index in [-0.39, 0.29) is 10.8 Å². The monoisotopic (exact) mass is 240 g/mol. The first kappa shape index (κ1) is 11.6. The normalized spacial score (nSPS) is 21.7. The Balaban J connectivity index is 2.69. The van der Waals surface area contributed by atoms with E-state index in [1.54, 1.807) is 14.2 Å². The van der Waals surface area contributed by atoms with E-state index in [1.807, 2.05) is 12.1 Å². The van der Waals surface area contributed by atoms with Crippen LogP contribution in [0.15, 0.2) is 12.1 Å². The topological polar surface area (TPSA) is 18.5 Å². The second-order valence-corrected chi connectivity index (χ2v) is 5.34. The van der Waals surface area contributed by atoms with E-state index in [1.165, 1.54) is 5.56 Å². The Labute approximate surface area is 102 Å². The van der Waals surface area contributed by atoms with Crippen LogP contribution in [0.25, 0.3) is 0 Å². The Bertz CT molecular complexity index is 413. The molecule has 0 saturated heterocycles. The van der Waals surface area contributed by atoms with Crippen LogP contribution < -0.4 is 9.47 Å². The summed E-state index contributed by atoms with van der Waals surface area (Å²) < 4.78 is 10.8. The van der Waals surface area contributed by atoms with Crippen molar-refractivity contribution in [3.63, 3.8) is 0 Å². The summed E-state index contributed by atoms with van der Waals surface area (Å²) in [5.74, 6) is 1.77. The molecule has 0 spiro atoms. The zero-order chi connectivity index (χ0) is 11.9. The smallest absolute Gasteiger partial charge is 0.124 e. The fraction of sp³-hybridized carbons (Fsp3) is 0.538. The third-order valence-corrected chi connectivity index (χ3v) is 3.66. The first-order chi connectivity index (χ1) is 7.51. The minimum Gasteiger partial charge on any atom is -0.496 e. The van der Waals surface area contributed by atoms with Gasteiger partial charge in [0.05, 0.1) is 19.6 Å². The molecule has 16 heavy (non-hydrogen) atoms. The molecule has 0 aliphatic heterocycles. The molecule has 1 aromatic rings. The molecule has 2 rings (SSSR count). The van der Waals surface area contributed by atoms with E-state index < -0.39 is 0 Å². The minimum absolute atomic E-state index is 0.00931. The molecule has 2 nitrogen and oxygen atoms in total. The van der Waals surface area contributed by atoms with Crippen LogP contribution in [-0.2, 0) is 5.41 Å². The summed E-state index contributed by atoms with van der Waals surface area (Å²) in [5, 5.41) is 0.00931. The van der Waals surface area contributed by atoms with Gasteiger partial charge in [0.1, 0.15) is 11.5 Å². The highest BCUT2D eigenvalue weighted by Gasteiger charge is 2.40. The summed E-state index contributed by atoms with van der Waals surface area (Å²) in [7, 11) is 3.37. The van der Waals surface area contributed by atoms with Crippen molar-refractivity contribution in [3.8, 4) is 11.5 Å². The third-order valence-electron chi connectivity index (χ3n) is 3.29. The summed E-state index contributed by atoms with van der Waals surface area (Å²) in [4.78, 5) is 0. The van der Waals surface area contributed by atoms with Gasteiger partial charge in [-0.25, -0.2) is 0 Å². The molecular weight excluding hydrogens is 224 g/mol. The fourth-order valence-electron chi connectivity index (χ4n) is 2.59. The molecule has 1 aromatic carbocycles. The standard InChI is InChI=1S/C13H17ClO2/c1-13(2)7-8(14)11-9(15-3)5-6-10(16-4)12(11)13/h5-6,8H,7H2,1-4H3. The van der Waals surface area contributed by atoms with E-state index in [0.717, 1.165) is 23.5 Å². The molecule has 88 valence electrons. The average Bonchev–Trinajstić information content (AvgIpc) is 2.49. The molecule has 1 aliphatic carbocycles. The van der Waals surface area contributed by atoms with Crippen LogP contribution in [0.3, 0.4) is 0 Å². The van der Waals surface area contributed by atoms with Crippen molar-refractivity contribution in [2.45, 2.75) is 31.1 Å². The molecule has 0 amide bonds. The molecule has 0 saturated carbocycles. The Morgan fingerprint density at radius 3 is 2.31 bits per heavy atom. The van der Waals surface area contributed by atoms with Gasteiger partial charge in [0.15, 0.2) is 0 Å². The number of fused-ring (bicyclic) bond motifs is 1. The second kappa shape index (κ2) is 3.85. The lowest BCUT2D eigenvalue weighted by atomic mass is 9.86. The predicted molar refractivity (Wildman–Crippen MR) is 65.8 cm³/mol. The van der Waals surface area contributed by atoms with Crippen molar-refractivity contribution in [2.24, 2.45) is 0 Å². The highest BCUT2D eigenvalue weighted by molar-refractivity contribution is 6.21. The van der Waals surface area contributed by atoms with E-state index in [4.69, 9.17) is 21.1 Å². The third kappa shape index (κ3) is 1.56. The van der Waals surface area contributed by atoms with Crippen LogP contribution >= 0.6 is 11.6 Å². The number of benzene rings is 1. The molecule has 0 radical (unpaired) electrons. The maximum atomic E-state index is 6.40. The Hall–Kier alpha value is -0.890. The van der Waals surface area contributed by atoms with Gasteiger partial charge in [-0.3, -0.25) is 0 Å². The number of halogens is 1. The molecule has 0 aromatic heterocycles. The van der Waals surface area contributed by atoms with Gasteiger partial charge in [0, 0.05) is 11.1 Å². The van der Waals surface area contributed by atoms with Crippen LogP contribution in [0, 0.1) is 0 Å². The highest BCUT2D eigenvalue weighted by Crippen LogP contribution is 2.54. The number of alkyl halides is 1. The number of methoxy groups -OCH3 is 2. The fourth-order valence-corrected chi connectivity index (χ4v) is 3.19. The van der Waals surface area contributed by atoms with E-state index >= 15 is 0 Å². The number of hydrogen-bond acceptors (Lipinski definition) is 2. The van der Waals surface area contributed by atoms with Gasteiger partial charge in [-0.2, -0.15) is 0 Å². The molecule has 1 aliphatic rings. The van der Waals surface area contributed by atoms with E-state index in [0.29, 0.717) is 0 Å². The molecule has 0 bridgehead atoms. The summed E-state index contributed by atoms with van der Waals surface area (Å²) >= 11 is 6.40. The maximum absolute atomic E-state index is 6.40. The SMILES string of the molecule is COc1ccc(OC)c2c1C(Cl)CC2(C)C. The first-order valence-corrected chi connectivity index (χ1v) is 5.84. The van der Waals surface area contributed by atoms with Crippen LogP contribution in [0.4, 0.5) is 0 Å². The number of ether oxygens (including phenoxy) is 2. The summed E-state index contributed by atoms with van der Waals surface area (Å²) in [5.41, 5.74) is 2.32. The highest BCUT2D eigenvalue weighted by atomic mass is 35.5. The van der Waals surface area contributed by atoms with Gasteiger partial charge in [0.25, 0.3) is 0 Å². The first-order valence-electron chi connectivity index (χ1n) is 5.40. The minimum atomic E-state index is 0.00931. The van der Waals surface area contributed by atoms with Crippen molar-refractivity contribution in [1.82, 2.24) is 0 Å². The van der Waals surface area contributed by atoms with Gasteiger partial charge in [-0.15, -0.1) is 11.6 Å². The quantitative estimate of drug-likeness (QED) is 0.735. The molecule has 0 fully saturated rings. The van der Waals surface area contributed by atoms with Gasteiger partial charge in [0.2, 0.25) is 0 Å². The van der Waals surface area contributed by atoms with Gasteiger partial charge in [-0.1, -0.05) is 13.8 Å². The molecule has 3 heteroatoms. The summed E-state index contributed by atoms with van der Waals surface area (Å²) in [6.45, 7) is 4.38. The molecule has 0 N–H and O–H groups in total. The lowest BCUT2D eigenvalue weighted by Crippen LogP contribution is -2.13.